The largest absolute Gasteiger partial charge is 0.462 e. The van der Waals surface area contributed by atoms with Crippen molar-refractivity contribution in [2.24, 2.45) is 0 Å². The summed E-state index contributed by atoms with van der Waals surface area (Å²) in [5.74, 6) is -2.00. The number of ether oxygens (including phenoxy) is 4. The van der Waals surface area contributed by atoms with E-state index in [4.69, 9.17) is 18.9 Å². The van der Waals surface area contributed by atoms with Crippen LogP contribution in [0.25, 0.3) is 0 Å². The molecule has 1 rings (SSSR count). The zero-order chi connectivity index (χ0) is 44.1. The third-order valence-corrected chi connectivity index (χ3v) is 11.4. The lowest BCUT2D eigenvalue weighted by molar-refractivity contribution is -0.297. The fourth-order valence-corrected chi connectivity index (χ4v) is 7.67. The van der Waals surface area contributed by atoms with Gasteiger partial charge in [-0.05, 0) is 64.2 Å². The Balaban J connectivity index is 2.43. The minimum Gasteiger partial charge on any atom is -0.462 e. The fourth-order valence-electron chi connectivity index (χ4n) is 6.98. The molecule has 0 aliphatic carbocycles. The van der Waals surface area contributed by atoms with E-state index in [1.165, 1.54) is 83.5 Å². The summed E-state index contributed by atoms with van der Waals surface area (Å²) in [6, 6.07) is 0. The normalized spacial score (nSPS) is 20.4. The molecule has 0 radical (unpaired) electrons. The molecule has 12 nitrogen and oxygen atoms in total. The predicted octanol–water partition coefficient (Wildman–Crippen LogP) is 9.78. The maximum Gasteiger partial charge on any atom is 0.306 e. The fraction of sp³-hybridized carbons (Fsp3) is 0.830. The summed E-state index contributed by atoms with van der Waals surface area (Å²) in [6.07, 6.45) is 33.3. The molecular formula is C47H84O12S. The average molecular weight is 873 g/mol. The van der Waals surface area contributed by atoms with Gasteiger partial charge in [0, 0.05) is 12.8 Å². The van der Waals surface area contributed by atoms with Crippen LogP contribution in [-0.2, 0) is 38.7 Å². The molecule has 1 heterocycles. The molecule has 6 atom stereocenters. The van der Waals surface area contributed by atoms with E-state index < -0.39 is 71.2 Å². The lowest BCUT2D eigenvalue weighted by atomic mass is 10.00. The number of aliphatic hydroxyl groups is 3. The van der Waals surface area contributed by atoms with Gasteiger partial charge in [0.15, 0.2) is 12.4 Å². The first-order valence-corrected chi connectivity index (χ1v) is 25.2. The molecule has 13 heteroatoms. The molecule has 1 aliphatic heterocycles. The SMILES string of the molecule is CCCC/C=C\C/C=C\CCCCCCCC(=O)OC(COC(=O)CCCCCCCCC/C=C\CCCCCCCCC)COC1OC(CS(=O)(=O)O)C(O)C(O)C1O. The highest BCUT2D eigenvalue weighted by Crippen LogP contribution is 2.24. The van der Waals surface area contributed by atoms with Gasteiger partial charge in [-0.15, -0.1) is 0 Å². The summed E-state index contributed by atoms with van der Waals surface area (Å²) in [6.45, 7) is 3.71. The molecule has 4 N–H and O–H groups in total. The molecule has 6 unspecified atom stereocenters. The Morgan fingerprint density at radius 1 is 0.567 bits per heavy atom. The third-order valence-electron chi connectivity index (χ3n) is 10.7. The minimum absolute atomic E-state index is 0.147. The Kier molecular flexibility index (Phi) is 34.9. The molecule has 0 bridgehead atoms. The van der Waals surface area contributed by atoms with Crippen molar-refractivity contribution in [3.63, 3.8) is 0 Å². The van der Waals surface area contributed by atoms with Gasteiger partial charge in [0.05, 0.1) is 6.61 Å². The summed E-state index contributed by atoms with van der Waals surface area (Å²) in [5.41, 5.74) is 0. The standard InChI is InChI=1S/C47H84O12S/c1-3-5-7-9-11-13-15-17-19-20-21-22-24-25-27-29-31-33-35-42(48)56-37-40(38-57-47-46(52)45(51)44(50)41(59-47)39-60(53,54)55)58-43(49)36-34-32-30-28-26-23-18-16-14-12-10-8-6-4-2/h10,12,16,18-20,40-41,44-47,50-52H,3-9,11,13-15,17,21-39H2,1-2H3,(H,53,54,55)/b12-10-,18-16-,20-19-. The van der Waals surface area contributed by atoms with Crippen molar-refractivity contribution in [3.8, 4) is 0 Å². The zero-order valence-electron chi connectivity index (χ0n) is 37.3. The molecule has 0 aromatic carbocycles. The van der Waals surface area contributed by atoms with Gasteiger partial charge in [-0.3, -0.25) is 14.1 Å². The van der Waals surface area contributed by atoms with Crippen LogP contribution in [0.2, 0.25) is 0 Å². The van der Waals surface area contributed by atoms with Gasteiger partial charge in [0.25, 0.3) is 10.1 Å². The summed E-state index contributed by atoms with van der Waals surface area (Å²) in [5, 5.41) is 30.9. The van der Waals surface area contributed by atoms with Crippen LogP contribution in [0.1, 0.15) is 194 Å². The Labute approximate surface area is 363 Å². The van der Waals surface area contributed by atoms with Gasteiger partial charge in [0.1, 0.15) is 36.8 Å². The first-order valence-electron chi connectivity index (χ1n) is 23.5. The summed E-state index contributed by atoms with van der Waals surface area (Å²) >= 11 is 0. The highest BCUT2D eigenvalue weighted by Gasteiger charge is 2.46. The van der Waals surface area contributed by atoms with Gasteiger partial charge in [-0.2, -0.15) is 8.42 Å². The van der Waals surface area contributed by atoms with Crippen molar-refractivity contribution < 1.29 is 56.8 Å². The number of allylic oxidation sites excluding steroid dienone is 6. The van der Waals surface area contributed by atoms with Crippen LogP contribution in [0.5, 0.6) is 0 Å². The highest BCUT2D eigenvalue weighted by atomic mass is 32.2. The van der Waals surface area contributed by atoms with Crippen LogP contribution in [0.3, 0.4) is 0 Å². The van der Waals surface area contributed by atoms with E-state index >= 15 is 0 Å². The molecule has 0 saturated carbocycles. The predicted molar refractivity (Wildman–Crippen MR) is 238 cm³/mol. The van der Waals surface area contributed by atoms with Crippen LogP contribution in [-0.4, -0.2) is 96.0 Å². The quantitative estimate of drug-likeness (QED) is 0.0199. The topological polar surface area (TPSA) is 186 Å². The van der Waals surface area contributed by atoms with E-state index in [9.17, 15) is 37.9 Å². The molecule has 1 saturated heterocycles. The van der Waals surface area contributed by atoms with Gasteiger partial charge in [-0.1, -0.05) is 153 Å². The number of hydrogen-bond acceptors (Lipinski definition) is 11. The van der Waals surface area contributed by atoms with E-state index in [1.807, 2.05) is 0 Å². The number of aliphatic hydroxyl groups excluding tert-OH is 3. The lowest BCUT2D eigenvalue weighted by Gasteiger charge is -2.40. The maximum atomic E-state index is 12.8. The van der Waals surface area contributed by atoms with E-state index in [0.29, 0.717) is 12.8 Å². The average Bonchev–Trinajstić information content (AvgIpc) is 3.21. The summed E-state index contributed by atoms with van der Waals surface area (Å²) < 4.78 is 54.1. The molecule has 0 amide bonds. The van der Waals surface area contributed by atoms with Crippen molar-refractivity contribution >= 4 is 22.1 Å². The summed E-state index contributed by atoms with van der Waals surface area (Å²) in [7, 11) is -4.60. The van der Waals surface area contributed by atoms with Crippen LogP contribution in [0.15, 0.2) is 36.5 Å². The number of rotatable bonds is 39. The zero-order valence-corrected chi connectivity index (χ0v) is 38.1. The van der Waals surface area contributed by atoms with Crippen molar-refractivity contribution in [2.75, 3.05) is 19.0 Å². The van der Waals surface area contributed by atoms with E-state index in [1.54, 1.807) is 0 Å². The lowest BCUT2D eigenvalue weighted by Crippen LogP contribution is -2.60. The molecule has 0 spiro atoms. The van der Waals surface area contributed by atoms with Gasteiger partial charge in [0.2, 0.25) is 0 Å². The van der Waals surface area contributed by atoms with E-state index in [0.717, 1.165) is 70.6 Å². The van der Waals surface area contributed by atoms with Crippen molar-refractivity contribution in [1.82, 2.24) is 0 Å². The number of hydrogen-bond donors (Lipinski definition) is 4. The number of unbranched alkanes of at least 4 members (excludes halogenated alkanes) is 21. The second-order valence-corrected chi connectivity index (χ2v) is 17.9. The maximum absolute atomic E-state index is 12.8. The highest BCUT2D eigenvalue weighted by molar-refractivity contribution is 7.85. The number of esters is 2. The Hall–Kier alpha value is -2.13. The van der Waals surface area contributed by atoms with Crippen LogP contribution < -0.4 is 0 Å². The second-order valence-electron chi connectivity index (χ2n) is 16.4. The smallest absolute Gasteiger partial charge is 0.306 e. The van der Waals surface area contributed by atoms with Crippen molar-refractivity contribution in [2.45, 2.75) is 230 Å². The van der Waals surface area contributed by atoms with Crippen LogP contribution in [0, 0.1) is 0 Å². The second kappa shape index (κ2) is 37.4. The van der Waals surface area contributed by atoms with E-state index in [2.05, 4.69) is 50.3 Å². The van der Waals surface area contributed by atoms with Crippen molar-refractivity contribution in [3.05, 3.63) is 36.5 Å². The Morgan fingerprint density at radius 2 is 1.02 bits per heavy atom. The monoisotopic (exact) mass is 873 g/mol. The first kappa shape index (κ1) is 55.9. The van der Waals surface area contributed by atoms with Crippen LogP contribution in [0.4, 0.5) is 0 Å². The first-order chi connectivity index (χ1) is 29.0. The summed E-state index contributed by atoms with van der Waals surface area (Å²) in [4.78, 5) is 25.4. The molecule has 0 aromatic heterocycles. The molecule has 0 aromatic rings. The van der Waals surface area contributed by atoms with E-state index in [-0.39, 0.29) is 19.4 Å². The number of carbonyl (C=O) groups excluding carboxylic acids is 2. The molecular weight excluding hydrogens is 789 g/mol. The van der Waals surface area contributed by atoms with Gasteiger partial charge >= 0.3 is 11.9 Å². The Morgan fingerprint density at radius 3 is 1.53 bits per heavy atom. The molecule has 1 aliphatic rings. The van der Waals surface area contributed by atoms with Gasteiger partial charge in [-0.25, -0.2) is 0 Å². The molecule has 350 valence electrons. The van der Waals surface area contributed by atoms with Crippen LogP contribution >= 0.6 is 0 Å². The van der Waals surface area contributed by atoms with Gasteiger partial charge < -0.3 is 34.3 Å². The third kappa shape index (κ3) is 31.7. The van der Waals surface area contributed by atoms with Crippen molar-refractivity contribution in [1.29, 1.82) is 0 Å². The molecule has 60 heavy (non-hydrogen) atoms. The number of carbonyl (C=O) groups is 2. The Bertz CT molecular complexity index is 1250. The molecule has 1 fully saturated rings. The minimum atomic E-state index is -4.60.